The van der Waals surface area contributed by atoms with Crippen LogP contribution < -0.4 is 4.57 Å². The molecule has 0 aromatic carbocycles. The number of alkyl halides is 6. The van der Waals surface area contributed by atoms with E-state index in [0.717, 1.165) is 4.13 Å². The van der Waals surface area contributed by atoms with Crippen molar-refractivity contribution >= 4 is 20.0 Å². The molecule has 0 aliphatic heterocycles. The molecule has 0 atom stereocenters. The zero-order chi connectivity index (χ0) is 26.5. The van der Waals surface area contributed by atoms with Crippen LogP contribution in [0.1, 0.15) is 78.1 Å². The number of imidazole rings is 1. The number of nitrogens with zero attached hydrogens (tertiary/aromatic N) is 3. The average Bonchev–Trinajstić information content (AvgIpc) is 3.14. The number of unbranched alkanes of at least 4 members (excludes halogenated alkanes) is 8. The molecule has 0 N–H and O–H groups in total. The van der Waals surface area contributed by atoms with Crippen LogP contribution in [0.3, 0.4) is 0 Å². The second-order valence-corrected chi connectivity index (χ2v) is 11.1. The Kier molecular flexibility index (Phi) is 14.3. The first-order valence-electron chi connectivity index (χ1n) is 11.0. The summed E-state index contributed by atoms with van der Waals surface area (Å²) in [6.07, 6.45) is 20.5. The molecular weight excluding hydrogens is 512 g/mol. The number of halogens is 6. The van der Waals surface area contributed by atoms with Gasteiger partial charge in [-0.15, -0.1) is 0 Å². The van der Waals surface area contributed by atoms with Crippen molar-refractivity contribution in [3.63, 3.8) is 0 Å². The van der Waals surface area contributed by atoms with Crippen LogP contribution >= 0.6 is 0 Å². The summed E-state index contributed by atoms with van der Waals surface area (Å²) in [5.74, 6) is 0. The molecule has 202 valence electrons. The third-order valence-electron chi connectivity index (χ3n) is 4.57. The van der Waals surface area contributed by atoms with Crippen molar-refractivity contribution in [1.82, 2.24) is 4.57 Å². The molecule has 0 fully saturated rings. The van der Waals surface area contributed by atoms with E-state index in [9.17, 15) is 43.2 Å². The Balaban J connectivity index is 0.000000661. The quantitative estimate of drug-likeness (QED) is 0.168. The number of rotatable bonds is 14. The lowest BCUT2D eigenvalue weighted by molar-refractivity contribution is -0.696. The first-order valence-corrected chi connectivity index (χ1v) is 13.9. The van der Waals surface area contributed by atoms with Crippen molar-refractivity contribution in [2.24, 2.45) is 0 Å². The molecule has 0 saturated carbocycles. The van der Waals surface area contributed by atoms with Crippen LogP contribution in [0.25, 0.3) is 4.13 Å². The molecule has 0 radical (unpaired) electrons. The van der Waals surface area contributed by atoms with Gasteiger partial charge in [0.2, 0.25) is 6.33 Å². The molecule has 1 heterocycles. The normalized spacial score (nSPS) is 12.9. The summed E-state index contributed by atoms with van der Waals surface area (Å²) in [5.41, 5.74) is -12.4. The van der Waals surface area contributed by atoms with Crippen molar-refractivity contribution in [2.75, 3.05) is 0 Å². The smallest absolute Gasteiger partial charge is 0.421 e. The monoisotopic (exact) mass is 545 g/mol. The van der Waals surface area contributed by atoms with Crippen LogP contribution in [0.4, 0.5) is 26.3 Å². The molecule has 0 aliphatic rings. The molecular formula is C19H33F6N3O4S2. The molecule has 34 heavy (non-hydrogen) atoms. The van der Waals surface area contributed by atoms with E-state index in [0.29, 0.717) is 0 Å². The Labute approximate surface area is 197 Å². The first kappa shape index (κ1) is 32.7. The maximum absolute atomic E-state index is 11.4. The van der Waals surface area contributed by atoms with Crippen molar-refractivity contribution in [3.8, 4) is 0 Å². The van der Waals surface area contributed by atoms with Gasteiger partial charge in [0.25, 0.3) is 0 Å². The minimum absolute atomic E-state index is 0.778. The summed E-state index contributed by atoms with van der Waals surface area (Å²) in [6, 6.07) is 0. The van der Waals surface area contributed by atoms with Gasteiger partial charge >= 0.3 is 11.0 Å². The molecule has 15 heteroatoms. The zero-order valence-electron chi connectivity index (χ0n) is 19.3. The van der Waals surface area contributed by atoms with Gasteiger partial charge in [0.1, 0.15) is 12.4 Å². The topological polar surface area (TPSA) is 91.2 Å². The maximum atomic E-state index is 11.4. The minimum Gasteiger partial charge on any atom is -0.421 e. The summed E-state index contributed by atoms with van der Waals surface area (Å²) in [7, 11) is -13.4. The van der Waals surface area contributed by atoms with Crippen LogP contribution in [0.15, 0.2) is 18.7 Å². The van der Waals surface area contributed by atoms with E-state index >= 15 is 0 Å². The molecule has 0 saturated heterocycles. The van der Waals surface area contributed by atoms with Gasteiger partial charge in [0.15, 0.2) is 20.0 Å². The highest BCUT2D eigenvalue weighted by molar-refractivity contribution is 8.13. The van der Waals surface area contributed by atoms with Gasteiger partial charge in [-0.05, 0) is 19.3 Å². The molecule has 0 spiro atoms. The highest BCUT2D eigenvalue weighted by Crippen LogP contribution is 2.36. The summed E-state index contributed by atoms with van der Waals surface area (Å²) < 4.78 is 114. The summed E-state index contributed by atoms with van der Waals surface area (Å²) in [5, 5.41) is 0. The number of sulfonamides is 2. The summed E-state index contributed by atoms with van der Waals surface area (Å²) in [6.45, 7) is 6.89. The second-order valence-electron chi connectivity index (χ2n) is 7.63. The fraction of sp³-hybridized carbons (Fsp3) is 0.842. The fourth-order valence-corrected chi connectivity index (χ4v) is 4.40. The molecule has 1 aromatic rings. The van der Waals surface area contributed by atoms with Crippen LogP contribution in [-0.2, 0) is 33.1 Å². The number of hydrogen-bond donors (Lipinski definition) is 0. The third-order valence-corrected chi connectivity index (χ3v) is 7.31. The molecule has 0 amide bonds. The number of hydrogen-bond acceptors (Lipinski definition) is 4. The predicted octanol–water partition coefficient (Wildman–Crippen LogP) is 5.78. The molecule has 0 aliphatic carbocycles. The average molecular weight is 546 g/mol. The van der Waals surface area contributed by atoms with E-state index in [1.165, 1.54) is 77.3 Å². The van der Waals surface area contributed by atoms with Crippen LogP contribution in [-0.4, -0.2) is 32.4 Å². The fourth-order valence-electron chi connectivity index (χ4n) is 2.69. The largest absolute Gasteiger partial charge is 0.480 e. The minimum atomic E-state index is -6.72. The second kappa shape index (κ2) is 14.9. The van der Waals surface area contributed by atoms with Crippen LogP contribution in [0.5, 0.6) is 0 Å². The highest BCUT2D eigenvalue weighted by Gasteiger charge is 2.46. The maximum Gasteiger partial charge on any atom is 0.480 e. The van der Waals surface area contributed by atoms with Gasteiger partial charge in [-0.25, -0.2) is 26.0 Å². The molecule has 1 rings (SSSR count). The van der Waals surface area contributed by atoms with Gasteiger partial charge in [0.05, 0.1) is 13.1 Å². The number of aryl methyl sites for hydroxylation is 2. The zero-order valence-corrected chi connectivity index (χ0v) is 20.9. The Morgan fingerprint density at radius 1 is 0.735 bits per heavy atom. The van der Waals surface area contributed by atoms with Crippen molar-refractivity contribution in [2.45, 2.75) is 102 Å². The summed E-state index contributed by atoms with van der Waals surface area (Å²) >= 11 is 0. The summed E-state index contributed by atoms with van der Waals surface area (Å²) in [4.78, 5) is 0. The molecule has 7 nitrogen and oxygen atoms in total. The predicted molar refractivity (Wildman–Crippen MR) is 115 cm³/mol. The highest BCUT2D eigenvalue weighted by atomic mass is 32.3. The van der Waals surface area contributed by atoms with Crippen LogP contribution in [0, 0.1) is 0 Å². The SMILES string of the molecule is CCCCCCCCCC[n+]1ccn(CCCC)c1.O=S(=O)([N-]S(=O)(=O)C(F)(F)F)C(F)(F)F. The lowest BCUT2D eigenvalue weighted by Gasteiger charge is -2.22. The van der Waals surface area contributed by atoms with Crippen molar-refractivity contribution in [3.05, 3.63) is 22.8 Å². The van der Waals surface area contributed by atoms with E-state index in [1.54, 1.807) is 0 Å². The van der Waals surface area contributed by atoms with Crippen LogP contribution in [0.2, 0.25) is 0 Å². The van der Waals surface area contributed by atoms with Gasteiger partial charge in [-0.2, -0.15) is 26.3 Å². The van der Waals surface area contributed by atoms with E-state index in [4.69, 9.17) is 0 Å². The van der Waals surface area contributed by atoms with Gasteiger partial charge in [-0.1, -0.05) is 58.8 Å². The van der Waals surface area contributed by atoms with E-state index in [1.807, 2.05) is 0 Å². The molecule has 0 bridgehead atoms. The van der Waals surface area contributed by atoms with Crippen molar-refractivity contribution < 1.29 is 47.7 Å². The third kappa shape index (κ3) is 12.9. The molecule has 0 unspecified atom stereocenters. The van der Waals surface area contributed by atoms with E-state index in [2.05, 4.69) is 41.7 Å². The Hall–Kier alpha value is -1.35. The van der Waals surface area contributed by atoms with Gasteiger partial charge < -0.3 is 4.13 Å². The van der Waals surface area contributed by atoms with Gasteiger partial charge in [0, 0.05) is 0 Å². The van der Waals surface area contributed by atoms with E-state index in [-0.39, 0.29) is 0 Å². The lowest BCUT2D eigenvalue weighted by Crippen LogP contribution is -2.30. The number of aromatic nitrogens is 2. The standard InChI is InChI=1S/C17H33N2.C2F6NO4S2/c1-3-5-7-8-9-10-11-12-14-19-16-15-18(17-19)13-6-4-2;3-1(4,5)14(10,11)9-15(12,13)2(6,7)8/h15-17H,3-14H2,1-2H3;/q+1;-1. The van der Waals surface area contributed by atoms with Gasteiger partial charge in [-0.3, -0.25) is 0 Å². The van der Waals surface area contributed by atoms with E-state index < -0.39 is 31.1 Å². The Morgan fingerprint density at radius 2 is 1.18 bits per heavy atom. The lowest BCUT2D eigenvalue weighted by atomic mass is 10.1. The Bertz CT molecular complexity index is 856. The first-order chi connectivity index (χ1) is 15.6. The Morgan fingerprint density at radius 3 is 1.62 bits per heavy atom. The molecule has 1 aromatic heterocycles. The van der Waals surface area contributed by atoms with Crippen molar-refractivity contribution in [1.29, 1.82) is 0 Å².